The highest BCUT2D eigenvalue weighted by Gasteiger charge is 2.04. The highest BCUT2D eigenvalue weighted by atomic mass is 14.1. The Balaban J connectivity index is 3.79. The smallest absolute Gasteiger partial charge is 0.0174 e. The zero-order chi connectivity index (χ0) is 8.69. The Morgan fingerprint density at radius 1 is 1.55 bits per heavy atom. The van der Waals surface area contributed by atoms with Crippen LogP contribution in [0.5, 0.6) is 0 Å². The molecule has 0 aromatic carbocycles. The van der Waals surface area contributed by atoms with Gasteiger partial charge in [0.25, 0.3) is 0 Å². The van der Waals surface area contributed by atoms with Gasteiger partial charge in [0, 0.05) is 0 Å². The molecule has 0 saturated carbocycles. The highest BCUT2D eigenvalue weighted by Crippen LogP contribution is 2.19. The molecule has 0 spiro atoms. The van der Waals surface area contributed by atoms with Crippen molar-refractivity contribution in [2.75, 3.05) is 0 Å². The molecule has 0 aromatic heterocycles. The largest absolute Gasteiger partial charge is 0.0998 e. The van der Waals surface area contributed by atoms with E-state index < -0.39 is 0 Å². The number of rotatable bonds is 5. The Labute approximate surface area is 71.0 Å². The van der Waals surface area contributed by atoms with Crippen molar-refractivity contribution in [1.29, 1.82) is 0 Å². The molecular weight excluding hydrogens is 132 g/mol. The zero-order valence-corrected chi connectivity index (χ0v) is 8.06. The summed E-state index contributed by atoms with van der Waals surface area (Å²) >= 11 is 0. The van der Waals surface area contributed by atoms with Crippen molar-refractivity contribution in [3.05, 3.63) is 24.3 Å². The van der Waals surface area contributed by atoms with E-state index in [0.717, 1.165) is 0 Å². The van der Waals surface area contributed by atoms with Gasteiger partial charge in [-0.2, -0.15) is 0 Å². The van der Waals surface area contributed by atoms with E-state index in [2.05, 4.69) is 39.5 Å². The quantitative estimate of drug-likeness (QED) is 0.523. The van der Waals surface area contributed by atoms with Crippen LogP contribution in [0.15, 0.2) is 24.3 Å². The van der Waals surface area contributed by atoms with Crippen LogP contribution < -0.4 is 0 Å². The van der Waals surface area contributed by atoms with Gasteiger partial charge in [0.2, 0.25) is 0 Å². The fourth-order valence-corrected chi connectivity index (χ4v) is 1.21. The van der Waals surface area contributed by atoms with Crippen molar-refractivity contribution in [3.63, 3.8) is 0 Å². The molecule has 1 unspecified atom stereocenters. The summed E-state index contributed by atoms with van der Waals surface area (Å²) in [7, 11) is 0. The lowest BCUT2D eigenvalue weighted by atomic mass is 9.93. The van der Waals surface area contributed by atoms with Gasteiger partial charge in [-0.25, -0.2) is 0 Å². The molecule has 0 aliphatic rings. The maximum absolute atomic E-state index is 3.99. The van der Waals surface area contributed by atoms with Gasteiger partial charge in [-0.05, 0) is 32.6 Å². The molecule has 0 fully saturated rings. The summed E-state index contributed by atoms with van der Waals surface area (Å²) in [6, 6.07) is 0. The minimum atomic E-state index is 0.705. The summed E-state index contributed by atoms with van der Waals surface area (Å²) in [5, 5.41) is 0. The lowest BCUT2D eigenvalue weighted by molar-refractivity contribution is 0.559. The molecule has 0 amide bonds. The number of hydrogen-bond donors (Lipinski definition) is 0. The SMILES string of the molecule is C=C(C)C(C/C=C/C)CCC. The molecule has 11 heavy (non-hydrogen) atoms. The molecule has 1 atom stereocenters. The second-order valence-electron chi connectivity index (χ2n) is 3.14. The lowest BCUT2D eigenvalue weighted by Gasteiger charge is -2.12. The van der Waals surface area contributed by atoms with E-state index in [9.17, 15) is 0 Å². The summed E-state index contributed by atoms with van der Waals surface area (Å²) in [5.41, 5.74) is 1.32. The van der Waals surface area contributed by atoms with Gasteiger partial charge in [-0.15, -0.1) is 0 Å². The third-order valence-corrected chi connectivity index (χ3v) is 1.99. The molecule has 0 saturated heterocycles. The molecule has 0 bridgehead atoms. The zero-order valence-electron chi connectivity index (χ0n) is 8.06. The minimum absolute atomic E-state index is 0.705. The van der Waals surface area contributed by atoms with Crippen LogP contribution in [0.25, 0.3) is 0 Å². The molecule has 0 aliphatic carbocycles. The van der Waals surface area contributed by atoms with E-state index in [1.165, 1.54) is 24.8 Å². The van der Waals surface area contributed by atoms with Crippen LogP contribution in [0, 0.1) is 5.92 Å². The van der Waals surface area contributed by atoms with E-state index in [0.29, 0.717) is 5.92 Å². The molecule has 0 radical (unpaired) electrons. The Hall–Kier alpha value is -0.520. The van der Waals surface area contributed by atoms with E-state index >= 15 is 0 Å². The highest BCUT2D eigenvalue weighted by molar-refractivity contribution is 4.99. The molecule has 0 heteroatoms. The first kappa shape index (κ1) is 10.5. The van der Waals surface area contributed by atoms with E-state index in [1.807, 2.05) is 0 Å². The molecule has 0 heterocycles. The Morgan fingerprint density at radius 2 is 2.18 bits per heavy atom. The summed E-state index contributed by atoms with van der Waals surface area (Å²) < 4.78 is 0. The van der Waals surface area contributed by atoms with Gasteiger partial charge >= 0.3 is 0 Å². The minimum Gasteiger partial charge on any atom is -0.0998 e. The Kier molecular flexibility index (Phi) is 5.91. The van der Waals surface area contributed by atoms with Crippen LogP contribution >= 0.6 is 0 Å². The van der Waals surface area contributed by atoms with Gasteiger partial charge in [0.1, 0.15) is 0 Å². The summed E-state index contributed by atoms with van der Waals surface area (Å²) in [6.45, 7) is 10.4. The van der Waals surface area contributed by atoms with Crippen molar-refractivity contribution in [3.8, 4) is 0 Å². The maximum atomic E-state index is 3.99. The topological polar surface area (TPSA) is 0 Å². The van der Waals surface area contributed by atoms with Gasteiger partial charge in [-0.3, -0.25) is 0 Å². The molecule has 0 aliphatic heterocycles. The third-order valence-electron chi connectivity index (χ3n) is 1.99. The molecular formula is C11H20. The average Bonchev–Trinajstić information content (AvgIpc) is 1.97. The normalized spacial score (nSPS) is 13.7. The average molecular weight is 152 g/mol. The predicted octanol–water partition coefficient (Wildman–Crippen LogP) is 3.95. The van der Waals surface area contributed by atoms with Gasteiger partial charge in [0.05, 0.1) is 0 Å². The second-order valence-corrected chi connectivity index (χ2v) is 3.14. The molecule has 0 nitrogen and oxygen atoms in total. The second kappa shape index (κ2) is 6.21. The first-order chi connectivity index (χ1) is 5.22. The summed E-state index contributed by atoms with van der Waals surface area (Å²) in [4.78, 5) is 0. The Morgan fingerprint density at radius 3 is 2.55 bits per heavy atom. The fourth-order valence-electron chi connectivity index (χ4n) is 1.21. The predicted molar refractivity (Wildman–Crippen MR) is 52.6 cm³/mol. The monoisotopic (exact) mass is 152 g/mol. The summed E-state index contributed by atoms with van der Waals surface area (Å²) in [5.74, 6) is 0.705. The van der Waals surface area contributed by atoms with Crippen molar-refractivity contribution in [2.45, 2.75) is 40.0 Å². The van der Waals surface area contributed by atoms with E-state index in [1.54, 1.807) is 0 Å². The lowest BCUT2D eigenvalue weighted by Crippen LogP contribution is -1.98. The molecule has 0 aromatic rings. The number of allylic oxidation sites excluding steroid dienone is 3. The molecule has 0 N–H and O–H groups in total. The number of hydrogen-bond acceptors (Lipinski definition) is 0. The first-order valence-corrected chi connectivity index (χ1v) is 4.48. The van der Waals surface area contributed by atoms with Crippen LogP contribution in [0.3, 0.4) is 0 Å². The van der Waals surface area contributed by atoms with Crippen LogP contribution in [0.4, 0.5) is 0 Å². The maximum Gasteiger partial charge on any atom is -0.0174 e. The van der Waals surface area contributed by atoms with Crippen molar-refractivity contribution >= 4 is 0 Å². The van der Waals surface area contributed by atoms with Crippen LogP contribution in [0.2, 0.25) is 0 Å². The third kappa shape index (κ3) is 4.83. The van der Waals surface area contributed by atoms with Gasteiger partial charge in [-0.1, -0.05) is 37.6 Å². The Bertz CT molecular complexity index is 131. The molecule has 0 rings (SSSR count). The van der Waals surface area contributed by atoms with Gasteiger partial charge < -0.3 is 0 Å². The van der Waals surface area contributed by atoms with Crippen molar-refractivity contribution in [2.24, 2.45) is 5.92 Å². The van der Waals surface area contributed by atoms with E-state index in [-0.39, 0.29) is 0 Å². The van der Waals surface area contributed by atoms with E-state index in [4.69, 9.17) is 0 Å². The first-order valence-electron chi connectivity index (χ1n) is 4.48. The van der Waals surface area contributed by atoms with Gasteiger partial charge in [0.15, 0.2) is 0 Å². The fraction of sp³-hybridized carbons (Fsp3) is 0.636. The summed E-state index contributed by atoms with van der Waals surface area (Å²) in [6.07, 6.45) is 8.05. The molecule has 64 valence electrons. The van der Waals surface area contributed by atoms with Crippen molar-refractivity contribution < 1.29 is 0 Å². The standard InChI is InChI=1S/C11H20/c1-5-7-9-11(8-6-2)10(3)4/h5,7,11H,3,6,8-9H2,1-2,4H3/b7-5+. The van der Waals surface area contributed by atoms with Crippen LogP contribution in [-0.2, 0) is 0 Å². The van der Waals surface area contributed by atoms with Crippen LogP contribution in [0.1, 0.15) is 40.0 Å². The van der Waals surface area contributed by atoms with Crippen molar-refractivity contribution in [1.82, 2.24) is 0 Å². The van der Waals surface area contributed by atoms with Crippen LogP contribution in [-0.4, -0.2) is 0 Å².